The maximum Gasteiger partial charge on any atom is 0.315 e. The smallest absolute Gasteiger partial charge is 0.315 e. The van der Waals surface area contributed by atoms with Crippen LogP contribution in [0.25, 0.3) is 0 Å². The lowest BCUT2D eigenvalue weighted by Gasteiger charge is -2.32. The number of nitrogens with zero attached hydrogens (tertiary/aromatic N) is 2. The third-order valence-corrected chi connectivity index (χ3v) is 5.66. The van der Waals surface area contributed by atoms with Crippen molar-refractivity contribution >= 4 is 11.9 Å². The molecule has 0 unspecified atom stereocenters. The molecule has 0 bridgehead atoms. The maximum atomic E-state index is 12.4. The molecule has 0 atom stereocenters. The van der Waals surface area contributed by atoms with Crippen LogP contribution in [0.1, 0.15) is 34.3 Å². The molecule has 1 aliphatic rings. The minimum atomic E-state index is -0.160. The Bertz CT molecular complexity index is 864. The Kier molecular flexibility index (Phi) is 9.07. The average Bonchev–Trinajstić information content (AvgIpc) is 2.79. The molecular formula is C25H35N5O2. The Morgan fingerprint density at radius 2 is 1.69 bits per heavy atom. The van der Waals surface area contributed by atoms with Crippen LogP contribution in [-0.4, -0.2) is 68.1 Å². The van der Waals surface area contributed by atoms with E-state index in [2.05, 4.69) is 45.1 Å². The molecule has 1 heterocycles. The molecule has 3 rings (SSSR count). The van der Waals surface area contributed by atoms with E-state index in [-0.39, 0.29) is 18.0 Å². The van der Waals surface area contributed by atoms with E-state index in [1.807, 2.05) is 43.3 Å². The summed E-state index contributed by atoms with van der Waals surface area (Å²) in [5.74, 6) is -0.0968. The van der Waals surface area contributed by atoms with Crippen molar-refractivity contribution in [2.45, 2.75) is 32.0 Å². The Labute approximate surface area is 191 Å². The molecule has 1 saturated heterocycles. The molecule has 3 amide bonds. The normalized spacial score (nSPS) is 14.8. The third-order valence-electron chi connectivity index (χ3n) is 5.66. The number of likely N-dealkylation sites (N-methyl/N-ethyl adjacent to an activating group) is 1. The van der Waals surface area contributed by atoms with E-state index in [1.54, 1.807) is 6.07 Å². The number of urea groups is 1. The molecule has 0 spiro atoms. The molecule has 7 nitrogen and oxygen atoms in total. The first-order chi connectivity index (χ1) is 15.5. The van der Waals surface area contributed by atoms with Gasteiger partial charge in [-0.2, -0.15) is 0 Å². The largest absolute Gasteiger partial charge is 0.351 e. The predicted octanol–water partition coefficient (Wildman–Crippen LogP) is 2.44. The van der Waals surface area contributed by atoms with Crippen LogP contribution in [0, 0.1) is 0 Å². The number of rotatable bonds is 9. The van der Waals surface area contributed by atoms with Gasteiger partial charge in [0.15, 0.2) is 0 Å². The maximum absolute atomic E-state index is 12.4. The highest BCUT2D eigenvalue weighted by Crippen LogP contribution is 2.14. The van der Waals surface area contributed by atoms with Crippen molar-refractivity contribution in [3.63, 3.8) is 0 Å². The first kappa shape index (κ1) is 23.8. The van der Waals surface area contributed by atoms with Gasteiger partial charge in [-0.3, -0.25) is 9.69 Å². The number of likely N-dealkylation sites (tertiary alicyclic amines) is 1. The van der Waals surface area contributed by atoms with Gasteiger partial charge in [0.1, 0.15) is 0 Å². The molecule has 3 N–H and O–H groups in total. The van der Waals surface area contributed by atoms with E-state index < -0.39 is 0 Å². The van der Waals surface area contributed by atoms with Crippen LogP contribution in [0.5, 0.6) is 0 Å². The number of carbonyl (C=O) groups excluding carboxylic acids is 2. The van der Waals surface area contributed by atoms with Gasteiger partial charge in [0.2, 0.25) is 0 Å². The second-order valence-electron chi connectivity index (χ2n) is 8.62. The first-order valence-corrected chi connectivity index (χ1v) is 11.3. The van der Waals surface area contributed by atoms with Gasteiger partial charge in [-0.15, -0.1) is 0 Å². The summed E-state index contributed by atoms with van der Waals surface area (Å²) in [5, 5.41) is 8.92. The zero-order valence-corrected chi connectivity index (χ0v) is 19.1. The molecule has 7 heteroatoms. The van der Waals surface area contributed by atoms with E-state index >= 15 is 0 Å². The number of carbonyl (C=O) groups is 2. The van der Waals surface area contributed by atoms with Gasteiger partial charge in [-0.1, -0.05) is 42.5 Å². The fraction of sp³-hybridized carbons (Fsp3) is 0.440. The molecule has 32 heavy (non-hydrogen) atoms. The summed E-state index contributed by atoms with van der Waals surface area (Å²) < 4.78 is 0. The number of benzene rings is 2. The van der Waals surface area contributed by atoms with E-state index in [4.69, 9.17) is 0 Å². The van der Waals surface area contributed by atoms with Gasteiger partial charge in [-0.25, -0.2) is 4.79 Å². The zero-order valence-electron chi connectivity index (χ0n) is 19.1. The lowest BCUT2D eigenvalue weighted by molar-refractivity contribution is 0.0951. The highest BCUT2D eigenvalue weighted by Gasteiger charge is 2.20. The van der Waals surface area contributed by atoms with Gasteiger partial charge in [0.25, 0.3) is 5.91 Å². The quantitative estimate of drug-likeness (QED) is 0.563. The highest BCUT2D eigenvalue weighted by atomic mass is 16.2. The van der Waals surface area contributed by atoms with Crippen LogP contribution >= 0.6 is 0 Å². The SMILES string of the molecule is CN(C)CCNC(=O)c1cccc(CNC(=O)NC2CCN(Cc3ccccc3)CC2)c1. The minimum absolute atomic E-state index is 0.0968. The minimum Gasteiger partial charge on any atom is -0.351 e. The standard InChI is InChI=1S/C25H35N5O2/c1-29(2)16-13-26-24(31)22-10-6-9-21(17-22)18-27-25(32)28-23-11-14-30(15-12-23)19-20-7-4-3-5-8-20/h3-10,17,23H,11-16,18-19H2,1-2H3,(H,26,31)(H2,27,28,32). The summed E-state index contributed by atoms with van der Waals surface area (Å²) in [6.45, 7) is 4.69. The van der Waals surface area contributed by atoms with Crippen molar-refractivity contribution in [3.05, 3.63) is 71.3 Å². The van der Waals surface area contributed by atoms with E-state index in [0.29, 0.717) is 18.7 Å². The number of nitrogens with one attached hydrogen (secondary N) is 3. The molecular weight excluding hydrogens is 402 g/mol. The summed E-state index contributed by atoms with van der Waals surface area (Å²) in [6.07, 6.45) is 1.89. The molecule has 0 aromatic heterocycles. The van der Waals surface area contributed by atoms with Gasteiger partial charge in [0.05, 0.1) is 0 Å². The second-order valence-corrected chi connectivity index (χ2v) is 8.62. The van der Waals surface area contributed by atoms with Crippen molar-refractivity contribution in [1.29, 1.82) is 0 Å². The van der Waals surface area contributed by atoms with Crippen LogP contribution in [0.2, 0.25) is 0 Å². The number of amides is 3. The molecule has 172 valence electrons. The lowest BCUT2D eigenvalue weighted by Crippen LogP contribution is -2.47. The van der Waals surface area contributed by atoms with Gasteiger partial charge in [0, 0.05) is 50.9 Å². The van der Waals surface area contributed by atoms with Crippen molar-refractivity contribution in [3.8, 4) is 0 Å². The fourth-order valence-electron chi connectivity index (χ4n) is 3.81. The van der Waals surface area contributed by atoms with Crippen LogP contribution in [0.4, 0.5) is 4.79 Å². The fourth-order valence-corrected chi connectivity index (χ4v) is 3.81. The van der Waals surface area contributed by atoms with Crippen molar-refractivity contribution in [2.24, 2.45) is 0 Å². The van der Waals surface area contributed by atoms with Crippen molar-refractivity contribution in [2.75, 3.05) is 40.3 Å². The van der Waals surface area contributed by atoms with E-state index in [0.717, 1.165) is 44.6 Å². The van der Waals surface area contributed by atoms with Crippen LogP contribution < -0.4 is 16.0 Å². The third kappa shape index (κ3) is 7.98. The van der Waals surface area contributed by atoms with Crippen molar-refractivity contribution < 1.29 is 9.59 Å². The van der Waals surface area contributed by atoms with Crippen LogP contribution in [-0.2, 0) is 13.1 Å². The summed E-state index contributed by atoms with van der Waals surface area (Å²) >= 11 is 0. The topological polar surface area (TPSA) is 76.7 Å². The summed E-state index contributed by atoms with van der Waals surface area (Å²) in [7, 11) is 3.94. The zero-order chi connectivity index (χ0) is 22.8. The summed E-state index contributed by atoms with van der Waals surface area (Å²) in [5.41, 5.74) is 2.83. The van der Waals surface area contributed by atoms with Crippen LogP contribution in [0.15, 0.2) is 54.6 Å². The second kappa shape index (κ2) is 12.2. The lowest BCUT2D eigenvalue weighted by atomic mass is 10.0. The number of hydrogen-bond donors (Lipinski definition) is 3. The molecule has 1 aliphatic heterocycles. The van der Waals surface area contributed by atoms with Crippen LogP contribution in [0.3, 0.4) is 0 Å². The Morgan fingerprint density at radius 3 is 2.41 bits per heavy atom. The predicted molar refractivity (Wildman–Crippen MR) is 127 cm³/mol. The number of piperidine rings is 1. The molecule has 1 fully saturated rings. The monoisotopic (exact) mass is 437 g/mol. The molecule has 0 saturated carbocycles. The first-order valence-electron chi connectivity index (χ1n) is 11.3. The molecule has 2 aromatic rings. The van der Waals surface area contributed by atoms with E-state index in [9.17, 15) is 9.59 Å². The summed E-state index contributed by atoms with van der Waals surface area (Å²) in [4.78, 5) is 29.1. The number of hydrogen-bond acceptors (Lipinski definition) is 4. The van der Waals surface area contributed by atoms with Gasteiger partial charge < -0.3 is 20.9 Å². The Morgan fingerprint density at radius 1 is 0.969 bits per heavy atom. The highest BCUT2D eigenvalue weighted by molar-refractivity contribution is 5.94. The Hall–Kier alpha value is -2.90. The van der Waals surface area contributed by atoms with Gasteiger partial charge >= 0.3 is 6.03 Å². The summed E-state index contributed by atoms with van der Waals surface area (Å²) in [6, 6.07) is 17.9. The van der Waals surface area contributed by atoms with Gasteiger partial charge in [-0.05, 0) is 50.2 Å². The average molecular weight is 438 g/mol. The molecule has 2 aromatic carbocycles. The molecule has 0 radical (unpaired) electrons. The Balaban J connectivity index is 1.37. The molecule has 0 aliphatic carbocycles. The van der Waals surface area contributed by atoms with E-state index in [1.165, 1.54) is 5.56 Å². The van der Waals surface area contributed by atoms with Crippen molar-refractivity contribution in [1.82, 2.24) is 25.8 Å².